The maximum Gasteiger partial charge on any atom is 0.220 e. The summed E-state index contributed by atoms with van der Waals surface area (Å²) in [6.45, 7) is 6.96. The third-order valence-electron chi connectivity index (χ3n) is 2.56. The van der Waals surface area contributed by atoms with Crippen molar-refractivity contribution in [1.82, 2.24) is 5.32 Å². The number of carbonyl (C=O) groups excluding carboxylic acids is 1. The van der Waals surface area contributed by atoms with Gasteiger partial charge in [0, 0.05) is 13.0 Å². The molecule has 0 aliphatic rings. The van der Waals surface area contributed by atoms with Gasteiger partial charge in [-0.1, -0.05) is 43.7 Å². The Morgan fingerprint density at radius 1 is 1.25 bits per heavy atom. The summed E-state index contributed by atoms with van der Waals surface area (Å²) in [5, 5.41) is 2.93. The molecule has 1 amide bonds. The van der Waals surface area contributed by atoms with Crippen LogP contribution in [-0.4, -0.2) is 5.91 Å². The average molecular weight is 219 g/mol. The van der Waals surface area contributed by atoms with Gasteiger partial charge in [0.25, 0.3) is 0 Å². The van der Waals surface area contributed by atoms with E-state index in [-0.39, 0.29) is 5.91 Å². The molecule has 0 saturated heterocycles. The van der Waals surface area contributed by atoms with Gasteiger partial charge in [0.1, 0.15) is 0 Å². The van der Waals surface area contributed by atoms with Crippen molar-refractivity contribution in [2.24, 2.45) is 5.92 Å². The van der Waals surface area contributed by atoms with E-state index in [2.05, 4.69) is 50.4 Å². The zero-order valence-corrected chi connectivity index (χ0v) is 10.4. The molecule has 0 aliphatic heterocycles. The van der Waals surface area contributed by atoms with Crippen molar-refractivity contribution in [2.45, 2.75) is 40.2 Å². The zero-order chi connectivity index (χ0) is 12.0. The van der Waals surface area contributed by atoms with Gasteiger partial charge in [-0.3, -0.25) is 4.79 Å². The maximum absolute atomic E-state index is 11.5. The molecule has 0 heterocycles. The van der Waals surface area contributed by atoms with Crippen molar-refractivity contribution in [1.29, 1.82) is 0 Å². The van der Waals surface area contributed by atoms with E-state index >= 15 is 0 Å². The van der Waals surface area contributed by atoms with Crippen molar-refractivity contribution in [3.8, 4) is 0 Å². The van der Waals surface area contributed by atoms with E-state index in [1.54, 1.807) is 0 Å². The molecule has 1 aromatic carbocycles. The molecule has 1 N–H and O–H groups in total. The lowest BCUT2D eigenvalue weighted by atomic mass is 10.1. The Morgan fingerprint density at radius 3 is 2.44 bits per heavy atom. The predicted molar refractivity (Wildman–Crippen MR) is 67.1 cm³/mol. The van der Waals surface area contributed by atoms with E-state index in [1.807, 2.05) is 0 Å². The molecule has 0 aliphatic carbocycles. The lowest BCUT2D eigenvalue weighted by molar-refractivity contribution is -0.121. The molecular weight excluding hydrogens is 198 g/mol. The van der Waals surface area contributed by atoms with Gasteiger partial charge < -0.3 is 5.32 Å². The first-order chi connectivity index (χ1) is 7.58. The van der Waals surface area contributed by atoms with Gasteiger partial charge in [-0.25, -0.2) is 0 Å². The summed E-state index contributed by atoms with van der Waals surface area (Å²) in [6.07, 6.45) is 1.59. The van der Waals surface area contributed by atoms with Gasteiger partial charge in [-0.15, -0.1) is 0 Å². The topological polar surface area (TPSA) is 29.1 Å². The molecule has 0 spiro atoms. The number of carbonyl (C=O) groups is 1. The Balaban J connectivity index is 2.29. The lowest BCUT2D eigenvalue weighted by Crippen LogP contribution is -2.22. The number of rotatable bonds is 5. The summed E-state index contributed by atoms with van der Waals surface area (Å²) >= 11 is 0. The number of benzene rings is 1. The van der Waals surface area contributed by atoms with Gasteiger partial charge in [0.2, 0.25) is 5.91 Å². The molecule has 1 aromatic rings. The van der Waals surface area contributed by atoms with E-state index in [1.165, 1.54) is 5.56 Å². The molecule has 16 heavy (non-hydrogen) atoms. The number of amides is 1. The summed E-state index contributed by atoms with van der Waals surface area (Å²) in [4.78, 5) is 11.5. The van der Waals surface area contributed by atoms with Crippen molar-refractivity contribution >= 4 is 5.91 Å². The van der Waals surface area contributed by atoms with Crippen LogP contribution >= 0.6 is 0 Å². The first-order valence-electron chi connectivity index (χ1n) is 5.90. The minimum absolute atomic E-state index is 0.147. The molecule has 0 fully saturated rings. The van der Waals surface area contributed by atoms with Crippen LogP contribution in [0, 0.1) is 12.8 Å². The number of aryl methyl sites for hydroxylation is 1. The fourth-order valence-corrected chi connectivity index (χ4v) is 1.41. The van der Waals surface area contributed by atoms with Gasteiger partial charge in [-0.2, -0.15) is 0 Å². The highest BCUT2D eigenvalue weighted by Gasteiger charge is 2.02. The highest BCUT2D eigenvalue weighted by molar-refractivity contribution is 5.75. The van der Waals surface area contributed by atoms with Crippen LogP contribution in [0.25, 0.3) is 0 Å². The van der Waals surface area contributed by atoms with Crippen molar-refractivity contribution in [3.05, 3.63) is 35.4 Å². The normalized spacial score (nSPS) is 10.5. The molecule has 0 bridgehead atoms. The van der Waals surface area contributed by atoms with Crippen molar-refractivity contribution in [3.63, 3.8) is 0 Å². The quantitative estimate of drug-likeness (QED) is 0.810. The Morgan fingerprint density at radius 2 is 1.88 bits per heavy atom. The van der Waals surface area contributed by atoms with E-state index in [4.69, 9.17) is 0 Å². The Labute approximate surface area is 98.1 Å². The second kappa shape index (κ2) is 6.31. The number of nitrogens with one attached hydrogen (secondary N) is 1. The molecular formula is C14H21NO. The molecule has 0 atom stereocenters. The van der Waals surface area contributed by atoms with Crippen LogP contribution in [0.15, 0.2) is 24.3 Å². The first kappa shape index (κ1) is 12.8. The summed E-state index contributed by atoms with van der Waals surface area (Å²) in [5.41, 5.74) is 2.40. The number of hydrogen-bond acceptors (Lipinski definition) is 1. The van der Waals surface area contributed by atoms with E-state index in [0.717, 1.165) is 12.0 Å². The first-order valence-corrected chi connectivity index (χ1v) is 5.90. The highest BCUT2D eigenvalue weighted by atomic mass is 16.1. The molecule has 1 rings (SSSR count). The van der Waals surface area contributed by atoms with Crippen LogP contribution in [0.2, 0.25) is 0 Å². The fourth-order valence-electron chi connectivity index (χ4n) is 1.41. The number of hydrogen-bond donors (Lipinski definition) is 1. The van der Waals surface area contributed by atoms with E-state index in [0.29, 0.717) is 18.9 Å². The highest BCUT2D eigenvalue weighted by Crippen LogP contribution is 2.05. The SMILES string of the molecule is Cc1ccc(CNC(=O)CCC(C)C)cc1. The van der Waals surface area contributed by atoms with Crippen molar-refractivity contribution in [2.75, 3.05) is 0 Å². The van der Waals surface area contributed by atoms with Gasteiger partial charge in [0.15, 0.2) is 0 Å². The monoisotopic (exact) mass is 219 g/mol. The van der Waals surface area contributed by atoms with Gasteiger partial charge >= 0.3 is 0 Å². The van der Waals surface area contributed by atoms with Gasteiger partial charge in [0.05, 0.1) is 0 Å². The summed E-state index contributed by atoms with van der Waals surface area (Å²) in [7, 11) is 0. The van der Waals surface area contributed by atoms with Crippen LogP contribution in [0.5, 0.6) is 0 Å². The van der Waals surface area contributed by atoms with Crippen LogP contribution in [-0.2, 0) is 11.3 Å². The van der Waals surface area contributed by atoms with Crippen molar-refractivity contribution < 1.29 is 4.79 Å². The summed E-state index contributed by atoms with van der Waals surface area (Å²) < 4.78 is 0. The third-order valence-corrected chi connectivity index (χ3v) is 2.56. The Kier molecular flexibility index (Phi) is 5.03. The molecule has 0 unspecified atom stereocenters. The molecule has 88 valence electrons. The van der Waals surface area contributed by atoms with Crippen LogP contribution in [0.4, 0.5) is 0 Å². The van der Waals surface area contributed by atoms with Crippen LogP contribution in [0.3, 0.4) is 0 Å². The smallest absolute Gasteiger partial charge is 0.220 e. The Hall–Kier alpha value is -1.31. The average Bonchev–Trinajstić information content (AvgIpc) is 2.25. The second-order valence-corrected chi connectivity index (χ2v) is 4.69. The van der Waals surface area contributed by atoms with E-state index < -0.39 is 0 Å². The molecule has 2 heteroatoms. The van der Waals surface area contributed by atoms with Crippen LogP contribution < -0.4 is 5.32 Å². The zero-order valence-electron chi connectivity index (χ0n) is 10.4. The van der Waals surface area contributed by atoms with Gasteiger partial charge in [-0.05, 0) is 24.8 Å². The van der Waals surface area contributed by atoms with Crippen LogP contribution in [0.1, 0.15) is 37.8 Å². The lowest BCUT2D eigenvalue weighted by Gasteiger charge is -2.07. The maximum atomic E-state index is 11.5. The minimum Gasteiger partial charge on any atom is -0.352 e. The summed E-state index contributed by atoms with van der Waals surface area (Å²) in [5.74, 6) is 0.736. The second-order valence-electron chi connectivity index (χ2n) is 4.69. The molecule has 0 radical (unpaired) electrons. The third kappa shape index (κ3) is 4.96. The minimum atomic E-state index is 0.147. The summed E-state index contributed by atoms with van der Waals surface area (Å²) in [6, 6.07) is 8.24. The fraction of sp³-hybridized carbons (Fsp3) is 0.500. The standard InChI is InChI=1S/C14H21NO/c1-11(2)4-9-14(16)15-10-13-7-5-12(3)6-8-13/h5-8,11H,4,9-10H2,1-3H3,(H,15,16). The Bertz CT molecular complexity index is 327. The van der Waals surface area contributed by atoms with E-state index in [9.17, 15) is 4.79 Å². The molecule has 2 nitrogen and oxygen atoms in total. The largest absolute Gasteiger partial charge is 0.352 e. The predicted octanol–water partition coefficient (Wildman–Crippen LogP) is 3.05. The molecule has 0 saturated carbocycles. The molecule has 0 aromatic heterocycles.